The van der Waals surface area contributed by atoms with Crippen molar-refractivity contribution >= 4 is 40.4 Å². The number of rotatable bonds is 5. The fourth-order valence-corrected chi connectivity index (χ4v) is 5.07. The maximum atomic E-state index is 5.87. The van der Waals surface area contributed by atoms with E-state index in [0.29, 0.717) is 16.8 Å². The summed E-state index contributed by atoms with van der Waals surface area (Å²) in [6.07, 6.45) is 2.07. The molecule has 7 heteroatoms. The van der Waals surface area contributed by atoms with Gasteiger partial charge in [-0.3, -0.25) is 4.90 Å². The van der Waals surface area contributed by atoms with Gasteiger partial charge in [0.25, 0.3) is 5.89 Å². The third-order valence-corrected chi connectivity index (χ3v) is 7.20. The molecule has 0 radical (unpaired) electrons. The first-order valence-electron chi connectivity index (χ1n) is 11.4. The van der Waals surface area contributed by atoms with Crippen molar-refractivity contribution in [3.8, 4) is 11.4 Å². The van der Waals surface area contributed by atoms with Crippen LogP contribution in [0.4, 0.5) is 5.69 Å². The second-order valence-electron chi connectivity index (χ2n) is 8.62. The van der Waals surface area contributed by atoms with Crippen molar-refractivity contribution in [2.45, 2.75) is 31.7 Å². The predicted octanol–water partition coefficient (Wildman–Crippen LogP) is 6.94. The van der Waals surface area contributed by atoms with Crippen LogP contribution in [0.15, 0.2) is 87.9 Å². The molecule has 1 unspecified atom stereocenters. The van der Waals surface area contributed by atoms with E-state index in [2.05, 4.69) is 98.2 Å². The summed E-state index contributed by atoms with van der Waals surface area (Å²) in [4.78, 5) is 8.06. The highest BCUT2D eigenvalue weighted by molar-refractivity contribution is 7.98. The third kappa shape index (κ3) is 4.61. The minimum atomic E-state index is -0.212. The van der Waals surface area contributed by atoms with E-state index in [4.69, 9.17) is 21.7 Å². The highest BCUT2D eigenvalue weighted by Crippen LogP contribution is 2.39. The van der Waals surface area contributed by atoms with E-state index in [1.54, 1.807) is 11.8 Å². The minimum Gasteiger partial charge on any atom is -0.351 e. The number of nitrogens with zero attached hydrogens (tertiary/aromatic N) is 3. The average molecular weight is 499 g/mol. The predicted molar refractivity (Wildman–Crippen MR) is 147 cm³/mol. The van der Waals surface area contributed by atoms with Crippen molar-refractivity contribution in [2.24, 2.45) is 0 Å². The molecule has 3 aromatic carbocycles. The summed E-state index contributed by atoms with van der Waals surface area (Å²) in [6.45, 7) is 6.19. The Kier molecular flexibility index (Phi) is 6.45. The fraction of sp³-hybridized carbons (Fsp3) is 0.179. The first kappa shape index (κ1) is 23.3. The number of nitrogens with one attached hydrogen (secondary N) is 1. The molecule has 0 aliphatic carbocycles. The molecule has 176 valence electrons. The fourth-order valence-electron chi connectivity index (χ4n) is 4.31. The third-order valence-electron chi connectivity index (χ3n) is 6.16. The lowest BCUT2D eigenvalue weighted by molar-refractivity contribution is 0.404. The second kappa shape index (κ2) is 9.68. The number of allylic oxidation sites excluding steroid dienone is 1. The van der Waals surface area contributed by atoms with Gasteiger partial charge in [0.1, 0.15) is 0 Å². The molecule has 2 heterocycles. The Labute approximate surface area is 215 Å². The van der Waals surface area contributed by atoms with Gasteiger partial charge < -0.3 is 9.84 Å². The van der Waals surface area contributed by atoms with Gasteiger partial charge in [0.15, 0.2) is 5.11 Å². The number of benzene rings is 3. The molecule has 0 spiro atoms. The molecule has 1 aliphatic rings. The van der Waals surface area contributed by atoms with Crippen LogP contribution in [0.1, 0.15) is 35.5 Å². The van der Waals surface area contributed by atoms with E-state index in [1.165, 1.54) is 10.5 Å². The number of thiocarbonyl (C=S) groups is 1. The SMILES string of the molecule is CSc1ccc(N2C(=S)NC(c3ccc(C)cc3)C(c3nc(-c4cccc(C)c4)no3)=C2C)cc1. The molecule has 1 N–H and O–H groups in total. The van der Waals surface area contributed by atoms with Crippen LogP contribution in [0.2, 0.25) is 0 Å². The molecule has 0 bridgehead atoms. The quantitative estimate of drug-likeness (QED) is 0.236. The van der Waals surface area contributed by atoms with Crippen molar-refractivity contribution < 1.29 is 4.52 Å². The topological polar surface area (TPSA) is 54.2 Å². The normalized spacial score (nSPS) is 15.9. The molecule has 1 aliphatic heterocycles. The molecule has 1 atom stereocenters. The first-order valence-corrected chi connectivity index (χ1v) is 13.0. The molecule has 35 heavy (non-hydrogen) atoms. The Morgan fingerprint density at radius 1 is 0.943 bits per heavy atom. The van der Waals surface area contributed by atoms with Gasteiger partial charge in [0.05, 0.1) is 11.6 Å². The van der Waals surface area contributed by atoms with Gasteiger partial charge in [0.2, 0.25) is 5.82 Å². The zero-order chi connectivity index (χ0) is 24.5. The maximum absolute atomic E-state index is 5.87. The van der Waals surface area contributed by atoms with Gasteiger partial charge in [-0.25, -0.2) is 0 Å². The molecule has 1 aromatic heterocycles. The molecule has 0 fully saturated rings. The maximum Gasteiger partial charge on any atom is 0.258 e. The summed E-state index contributed by atoms with van der Waals surface area (Å²) in [5, 5.41) is 8.48. The van der Waals surface area contributed by atoms with Crippen molar-refractivity contribution in [3.63, 3.8) is 0 Å². The minimum absolute atomic E-state index is 0.212. The summed E-state index contributed by atoms with van der Waals surface area (Å²) in [6, 6.07) is 24.7. The average Bonchev–Trinajstić information content (AvgIpc) is 3.34. The summed E-state index contributed by atoms with van der Waals surface area (Å²) < 4.78 is 5.87. The summed E-state index contributed by atoms with van der Waals surface area (Å²) >= 11 is 7.57. The smallest absolute Gasteiger partial charge is 0.258 e. The standard InChI is InChI=1S/C28H26N4OS2/c1-17-8-10-20(11-9-17)25-24(27-30-26(31-33-27)21-7-5-6-18(2)16-21)19(3)32(28(34)29-25)22-12-14-23(35-4)15-13-22/h5-16,25H,1-4H3,(H,29,34). The molecule has 0 saturated heterocycles. The Morgan fingerprint density at radius 3 is 2.37 bits per heavy atom. The van der Waals surface area contributed by atoms with Crippen LogP contribution in [0.25, 0.3) is 17.0 Å². The zero-order valence-corrected chi connectivity index (χ0v) is 21.7. The van der Waals surface area contributed by atoms with E-state index < -0.39 is 0 Å². The summed E-state index contributed by atoms with van der Waals surface area (Å²) in [7, 11) is 0. The Balaban J connectivity index is 1.64. The molecule has 5 nitrogen and oxygen atoms in total. The van der Waals surface area contributed by atoms with Crippen molar-refractivity contribution in [3.05, 3.63) is 101 Å². The van der Waals surface area contributed by atoms with Crippen LogP contribution in [0.5, 0.6) is 0 Å². The van der Waals surface area contributed by atoms with Gasteiger partial charge in [-0.2, -0.15) is 4.98 Å². The van der Waals surface area contributed by atoms with Gasteiger partial charge in [-0.15, -0.1) is 11.8 Å². The Morgan fingerprint density at radius 2 is 1.69 bits per heavy atom. The van der Waals surface area contributed by atoms with Gasteiger partial charge >= 0.3 is 0 Å². The molecular weight excluding hydrogens is 472 g/mol. The number of anilines is 1. The Hall–Kier alpha value is -3.42. The van der Waals surface area contributed by atoms with Gasteiger partial charge in [-0.05, 0) is 75.1 Å². The monoisotopic (exact) mass is 498 g/mol. The molecule has 5 rings (SSSR count). The molecular formula is C28H26N4OS2. The van der Waals surface area contributed by atoms with E-state index in [1.807, 2.05) is 17.0 Å². The number of aromatic nitrogens is 2. The number of hydrogen-bond acceptors (Lipinski definition) is 5. The lowest BCUT2D eigenvalue weighted by Gasteiger charge is -2.37. The highest BCUT2D eigenvalue weighted by atomic mass is 32.2. The van der Waals surface area contributed by atoms with Crippen LogP contribution < -0.4 is 10.2 Å². The highest BCUT2D eigenvalue weighted by Gasteiger charge is 2.34. The van der Waals surface area contributed by atoms with Crippen molar-refractivity contribution in [2.75, 3.05) is 11.2 Å². The van der Waals surface area contributed by atoms with E-state index in [0.717, 1.165) is 33.6 Å². The lowest BCUT2D eigenvalue weighted by atomic mass is 9.94. The number of thioether (sulfide) groups is 1. The largest absolute Gasteiger partial charge is 0.351 e. The van der Waals surface area contributed by atoms with Crippen LogP contribution in [-0.4, -0.2) is 21.5 Å². The van der Waals surface area contributed by atoms with Gasteiger partial charge in [-0.1, -0.05) is 58.7 Å². The van der Waals surface area contributed by atoms with Crippen molar-refractivity contribution in [1.82, 2.24) is 15.5 Å². The Bertz CT molecular complexity index is 1410. The van der Waals surface area contributed by atoms with E-state index in [9.17, 15) is 0 Å². The van der Waals surface area contributed by atoms with Crippen LogP contribution in [0, 0.1) is 13.8 Å². The first-order chi connectivity index (χ1) is 16.9. The second-order valence-corrected chi connectivity index (χ2v) is 9.88. The van der Waals surface area contributed by atoms with Crippen LogP contribution in [-0.2, 0) is 0 Å². The van der Waals surface area contributed by atoms with E-state index >= 15 is 0 Å². The number of aryl methyl sites for hydroxylation is 2. The molecule has 4 aromatic rings. The zero-order valence-electron chi connectivity index (χ0n) is 20.1. The van der Waals surface area contributed by atoms with Crippen molar-refractivity contribution in [1.29, 1.82) is 0 Å². The van der Waals surface area contributed by atoms with Crippen LogP contribution >= 0.6 is 24.0 Å². The molecule has 0 saturated carbocycles. The van der Waals surface area contributed by atoms with E-state index in [-0.39, 0.29) is 6.04 Å². The summed E-state index contributed by atoms with van der Waals surface area (Å²) in [5.41, 5.74) is 7.19. The number of hydrogen-bond donors (Lipinski definition) is 1. The summed E-state index contributed by atoms with van der Waals surface area (Å²) in [5.74, 6) is 1.04. The lowest BCUT2D eigenvalue weighted by Crippen LogP contribution is -2.46. The van der Waals surface area contributed by atoms with Gasteiger partial charge in [0, 0.05) is 21.8 Å². The van der Waals surface area contributed by atoms with Crippen LogP contribution in [0.3, 0.4) is 0 Å². The molecule has 0 amide bonds.